The van der Waals surface area contributed by atoms with Gasteiger partial charge in [-0.15, -0.1) is 0 Å². The summed E-state index contributed by atoms with van der Waals surface area (Å²) in [4.78, 5) is 17.4. The van der Waals surface area contributed by atoms with Gasteiger partial charge in [0.25, 0.3) is 0 Å². The average Bonchev–Trinajstić information content (AvgIpc) is 3.09. The second kappa shape index (κ2) is 10.0. The van der Waals surface area contributed by atoms with Crippen LogP contribution in [0.2, 0.25) is 0 Å². The molecule has 0 unspecified atom stereocenters. The third-order valence-electron chi connectivity index (χ3n) is 4.48. The summed E-state index contributed by atoms with van der Waals surface area (Å²) >= 11 is 1.40. The number of thiazole rings is 1. The van der Waals surface area contributed by atoms with E-state index in [1.165, 1.54) is 30.6 Å². The number of hydrogen-bond donors (Lipinski definition) is 0. The van der Waals surface area contributed by atoms with Crippen LogP contribution in [0.4, 0.5) is 0 Å². The zero-order chi connectivity index (χ0) is 21.6. The lowest BCUT2D eigenvalue weighted by molar-refractivity contribution is -0.117. The van der Waals surface area contributed by atoms with Gasteiger partial charge < -0.3 is 14.0 Å². The molecule has 3 aromatic rings. The second-order valence-corrected chi connectivity index (χ2v) is 9.57. The molecular formula is C21H24N2O5S2. The number of aromatic nitrogens is 1. The number of rotatable bonds is 9. The Morgan fingerprint density at radius 2 is 1.87 bits per heavy atom. The van der Waals surface area contributed by atoms with Gasteiger partial charge in [0.1, 0.15) is 5.75 Å². The molecule has 0 aliphatic carbocycles. The molecule has 1 heterocycles. The van der Waals surface area contributed by atoms with Gasteiger partial charge >= 0.3 is 0 Å². The first kappa shape index (κ1) is 22.2. The number of benzene rings is 2. The predicted molar refractivity (Wildman–Crippen MR) is 117 cm³/mol. The number of nitrogens with zero attached hydrogens (tertiary/aromatic N) is 2. The van der Waals surface area contributed by atoms with Crippen molar-refractivity contribution in [1.29, 1.82) is 0 Å². The maximum absolute atomic E-state index is 12.5. The number of carbonyl (C=O) groups is 1. The van der Waals surface area contributed by atoms with Crippen molar-refractivity contribution < 1.29 is 22.7 Å². The SMILES string of the molecule is CCOCCn1c(=NC(=O)CCS(=O)(=O)c2ccc(OC)cc2)sc2ccccc21. The maximum Gasteiger partial charge on any atom is 0.249 e. The molecule has 160 valence electrons. The van der Waals surface area contributed by atoms with E-state index in [1.807, 2.05) is 35.8 Å². The molecule has 30 heavy (non-hydrogen) atoms. The predicted octanol–water partition coefficient (Wildman–Crippen LogP) is 3.04. The van der Waals surface area contributed by atoms with Gasteiger partial charge in [-0.25, -0.2) is 8.42 Å². The third-order valence-corrected chi connectivity index (χ3v) is 7.27. The Morgan fingerprint density at radius 3 is 2.57 bits per heavy atom. The number of sulfone groups is 1. The minimum Gasteiger partial charge on any atom is -0.497 e. The van der Waals surface area contributed by atoms with Gasteiger partial charge in [0.15, 0.2) is 14.6 Å². The normalized spacial score (nSPS) is 12.4. The monoisotopic (exact) mass is 448 g/mol. The molecular weight excluding hydrogens is 424 g/mol. The first-order valence-corrected chi connectivity index (χ1v) is 12.0. The van der Waals surface area contributed by atoms with E-state index in [4.69, 9.17) is 9.47 Å². The van der Waals surface area contributed by atoms with Gasteiger partial charge in [0.05, 0.1) is 34.6 Å². The highest BCUT2D eigenvalue weighted by Gasteiger charge is 2.17. The summed E-state index contributed by atoms with van der Waals surface area (Å²) in [5, 5.41) is 0. The van der Waals surface area contributed by atoms with E-state index < -0.39 is 15.7 Å². The van der Waals surface area contributed by atoms with E-state index in [1.54, 1.807) is 12.1 Å². The topological polar surface area (TPSA) is 87.0 Å². The molecule has 0 fully saturated rings. The number of hydrogen-bond acceptors (Lipinski definition) is 6. The molecule has 1 aromatic heterocycles. The maximum atomic E-state index is 12.5. The minimum atomic E-state index is -3.58. The fourth-order valence-electron chi connectivity index (χ4n) is 2.91. The lowest BCUT2D eigenvalue weighted by atomic mass is 10.3. The third kappa shape index (κ3) is 5.35. The Balaban J connectivity index is 1.78. The van der Waals surface area contributed by atoms with Crippen LogP contribution >= 0.6 is 11.3 Å². The molecule has 3 rings (SSSR count). The molecule has 0 aliphatic heterocycles. The lowest BCUT2D eigenvalue weighted by Gasteiger charge is -2.06. The van der Waals surface area contributed by atoms with Crippen LogP contribution < -0.4 is 9.54 Å². The lowest BCUT2D eigenvalue weighted by Crippen LogP contribution is -2.20. The first-order valence-electron chi connectivity index (χ1n) is 9.55. The molecule has 0 spiro atoms. The minimum absolute atomic E-state index is 0.157. The number of fused-ring (bicyclic) bond motifs is 1. The fraction of sp³-hybridized carbons (Fsp3) is 0.333. The Labute approximate surface area is 179 Å². The van der Waals surface area contributed by atoms with E-state index in [-0.39, 0.29) is 17.1 Å². The van der Waals surface area contributed by atoms with Crippen molar-refractivity contribution in [3.05, 3.63) is 53.3 Å². The van der Waals surface area contributed by atoms with E-state index >= 15 is 0 Å². The first-order chi connectivity index (χ1) is 14.4. The van der Waals surface area contributed by atoms with Crippen molar-refractivity contribution >= 4 is 37.3 Å². The van der Waals surface area contributed by atoms with Crippen LogP contribution in [0.1, 0.15) is 13.3 Å². The molecule has 1 amide bonds. The zero-order valence-electron chi connectivity index (χ0n) is 16.9. The zero-order valence-corrected chi connectivity index (χ0v) is 18.5. The molecule has 0 saturated heterocycles. The van der Waals surface area contributed by atoms with Crippen molar-refractivity contribution in [2.45, 2.75) is 24.8 Å². The molecule has 7 nitrogen and oxygen atoms in total. The van der Waals surface area contributed by atoms with Gasteiger partial charge in [-0.3, -0.25) is 4.79 Å². The number of carbonyl (C=O) groups excluding carboxylic acids is 1. The standard InChI is InChI=1S/C21H24N2O5S2/c1-3-28-14-13-23-18-6-4-5-7-19(18)29-21(23)22-20(24)12-15-30(25,26)17-10-8-16(27-2)9-11-17/h4-11H,3,12-15H2,1-2H3. The molecule has 0 saturated carbocycles. The Kier molecular flexibility index (Phi) is 7.41. The number of amides is 1. The Morgan fingerprint density at radius 1 is 1.13 bits per heavy atom. The van der Waals surface area contributed by atoms with Crippen LogP contribution in [0.15, 0.2) is 58.4 Å². The quantitative estimate of drug-likeness (QED) is 0.470. The number of methoxy groups -OCH3 is 1. The summed E-state index contributed by atoms with van der Waals surface area (Å²) in [5.74, 6) is -0.198. The molecule has 2 aromatic carbocycles. The van der Waals surface area contributed by atoms with Crippen LogP contribution in [-0.4, -0.2) is 45.0 Å². The van der Waals surface area contributed by atoms with Crippen LogP contribution in [0.5, 0.6) is 5.75 Å². The van der Waals surface area contributed by atoms with Gasteiger partial charge in [-0.1, -0.05) is 23.5 Å². The molecule has 0 N–H and O–H groups in total. The second-order valence-electron chi connectivity index (χ2n) is 6.45. The van der Waals surface area contributed by atoms with Crippen molar-refractivity contribution in [1.82, 2.24) is 4.57 Å². The van der Waals surface area contributed by atoms with E-state index in [0.717, 1.165) is 10.2 Å². The summed E-state index contributed by atoms with van der Waals surface area (Å²) in [6.07, 6.45) is -0.186. The van der Waals surface area contributed by atoms with E-state index in [9.17, 15) is 13.2 Å². The van der Waals surface area contributed by atoms with Gasteiger partial charge in [0, 0.05) is 19.6 Å². The van der Waals surface area contributed by atoms with Crippen molar-refractivity contribution in [2.75, 3.05) is 26.1 Å². The Hall–Kier alpha value is -2.49. The molecule has 0 aliphatic rings. The molecule has 0 bridgehead atoms. The molecule has 9 heteroatoms. The number of para-hydroxylation sites is 1. The van der Waals surface area contributed by atoms with Crippen LogP contribution in [0, 0.1) is 0 Å². The van der Waals surface area contributed by atoms with Gasteiger partial charge in [0.2, 0.25) is 5.91 Å². The van der Waals surface area contributed by atoms with Crippen molar-refractivity contribution in [2.24, 2.45) is 4.99 Å². The highest BCUT2D eigenvalue weighted by Crippen LogP contribution is 2.18. The summed E-state index contributed by atoms with van der Waals surface area (Å²) in [5.41, 5.74) is 0.972. The fourth-order valence-corrected chi connectivity index (χ4v) is 5.21. The summed E-state index contributed by atoms with van der Waals surface area (Å²) in [7, 11) is -2.07. The summed E-state index contributed by atoms with van der Waals surface area (Å²) < 4.78 is 38.5. The largest absolute Gasteiger partial charge is 0.497 e. The molecule has 0 atom stereocenters. The van der Waals surface area contributed by atoms with E-state index in [0.29, 0.717) is 30.3 Å². The van der Waals surface area contributed by atoms with E-state index in [2.05, 4.69) is 4.99 Å². The van der Waals surface area contributed by atoms with Crippen molar-refractivity contribution in [3.63, 3.8) is 0 Å². The Bertz CT molecular complexity index is 1180. The smallest absolute Gasteiger partial charge is 0.249 e. The molecule has 0 radical (unpaired) electrons. The summed E-state index contributed by atoms with van der Waals surface area (Å²) in [6, 6.07) is 13.9. The number of ether oxygens (including phenoxy) is 2. The highest BCUT2D eigenvalue weighted by molar-refractivity contribution is 7.91. The highest BCUT2D eigenvalue weighted by atomic mass is 32.2. The average molecular weight is 449 g/mol. The van der Waals surface area contributed by atoms with Gasteiger partial charge in [-0.2, -0.15) is 4.99 Å². The van der Waals surface area contributed by atoms with Crippen molar-refractivity contribution in [3.8, 4) is 5.75 Å². The van der Waals surface area contributed by atoms with Crippen LogP contribution in [0.25, 0.3) is 10.2 Å². The van der Waals surface area contributed by atoms with Crippen LogP contribution in [-0.2, 0) is 25.9 Å². The van der Waals surface area contributed by atoms with Gasteiger partial charge in [-0.05, 0) is 43.3 Å². The van der Waals surface area contributed by atoms with Crippen LogP contribution in [0.3, 0.4) is 0 Å². The summed E-state index contributed by atoms with van der Waals surface area (Å²) in [6.45, 7) is 3.60.